The topological polar surface area (TPSA) is 49.3 Å². The second-order valence-corrected chi connectivity index (χ2v) is 7.77. The maximum absolute atomic E-state index is 12.2. The van der Waals surface area contributed by atoms with Crippen molar-refractivity contribution in [1.82, 2.24) is 20.0 Å². The molecule has 23 heavy (non-hydrogen) atoms. The van der Waals surface area contributed by atoms with E-state index in [4.69, 9.17) is 11.6 Å². The third kappa shape index (κ3) is 4.91. The van der Waals surface area contributed by atoms with Gasteiger partial charge in [-0.3, -0.25) is 9.69 Å². The quantitative estimate of drug-likeness (QED) is 0.759. The molecule has 1 aliphatic rings. The van der Waals surface area contributed by atoms with Gasteiger partial charge in [-0.05, 0) is 17.7 Å². The van der Waals surface area contributed by atoms with Crippen molar-refractivity contribution in [2.45, 2.75) is 10.9 Å². The zero-order valence-electron chi connectivity index (χ0n) is 12.5. The number of benzene rings is 1. The number of carbonyl (C=O) groups excluding carboxylic acids is 1. The molecule has 1 amide bonds. The lowest BCUT2D eigenvalue weighted by Crippen LogP contribution is -2.48. The average Bonchev–Trinajstić information content (AvgIpc) is 3.07. The summed E-state index contributed by atoms with van der Waals surface area (Å²) in [5.41, 5.74) is 2.89. The summed E-state index contributed by atoms with van der Waals surface area (Å²) in [5.74, 6) is 0.608. The lowest BCUT2D eigenvalue weighted by molar-refractivity contribution is -0.130. The number of aromatic nitrogens is 2. The Morgan fingerprint density at radius 3 is 2.83 bits per heavy atom. The van der Waals surface area contributed by atoms with Crippen molar-refractivity contribution in [2.24, 2.45) is 0 Å². The molecule has 0 saturated carbocycles. The highest BCUT2D eigenvalue weighted by Gasteiger charge is 2.21. The number of nitrogens with zero attached hydrogens (tertiary/aromatic N) is 4. The number of hydrogen-bond acceptors (Lipinski definition) is 6. The molecule has 0 atom stereocenters. The molecular weight excluding hydrogens is 352 g/mol. The fourth-order valence-electron chi connectivity index (χ4n) is 2.49. The summed E-state index contributed by atoms with van der Waals surface area (Å²) >= 11 is 8.95. The molecule has 0 unspecified atom stereocenters. The average molecular weight is 369 g/mol. The summed E-state index contributed by atoms with van der Waals surface area (Å²) < 4.78 is 0.845. The van der Waals surface area contributed by atoms with E-state index in [-0.39, 0.29) is 5.91 Å². The van der Waals surface area contributed by atoms with Gasteiger partial charge < -0.3 is 4.90 Å². The molecule has 0 bridgehead atoms. The first-order valence-corrected chi connectivity index (χ1v) is 9.58. The van der Waals surface area contributed by atoms with E-state index in [1.54, 1.807) is 5.51 Å². The Hall–Kier alpha value is -1.15. The van der Waals surface area contributed by atoms with Gasteiger partial charge in [-0.25, -0.2) is 0 Å². The van der Waals surface area contributed by atoms with E-state index < -0.39 is 0 Å². The van der Waals surface area contributed by atoms with Gasteiger partial charge in [0.15, 0.2) is 4.34 Å². The third-order valence-electron chi connectivity index (χ3n) is 3.68. The van der Waals surface area contributed by atoms with Gasteiger partial charge >= 0.3 is 0 Å². The van der Waals surface area contributed by atoms with Crippen LogP contribution in [-0.2, 0) is 11.3 Å². The predicted molar refractivity (Wildman–Crippen MR) is 93.9 cm³/mol. The zero-order valence-corrected chi connectivity index (χ0v) is 14.9. The van der Waals surface area contributed by atoms with E-state index in [1.807, 2.05) is 23.1 Å². The number of halogens is 1. The van der Waals surface area contributed by atoms with E-state index in [0.717, 1.165) is 42.1 Å². The lowest BCUT2D eigenvalue weighted by atomic mass is 10.2. The van der Waals surface area contributed by atoms with Crippen molar-refractivity contribution in [3.05, 3.63) is 40.4 Å². The Morgan fingerprint density at radius 1 is 1.30 bits per heavy atom. The number of amides is 1. The highest BCUT2D eigenvalue weighted by atomic mass is 35.5. The van der Waals surface area contributed by atoms with Crippen LogP contribution >= 0.6 is 34.7 Å². The Balaban J connectivity index is 1.43. The highest BCUT2D eigenvalue weighted by molar-refractivity contribution is 8.01. The summed E-state index contributed by atoms with van der Waals surface area (Å²) in [6, 6.07) is 7.94. The smallest absolute Gasteiger partial charge is 0.233 e. The van der Waals surface area contributed by atoms with E-state index in [0.29, 0.717) is 5.75 Å². The molecule has 1 aromatic heterocycles. The van der Waals surface area contributed by atoms with Crippen molar-refractivity contribution in [1.29, 1.82) is 0 Å². The fourth-order valence-corrected chi connectivity index (χ4v) is 4.09. The summed E-state index contributed by atoms with van der Waals surface area (Å²) in [6.07, 6.45) is 0. The molecule has 2 aromatic rings. The fraction of sp³-hybridized carbons (Fsp3) is 0.400. The molecule has 2 heterocycles. The molecule has 1 aromatic carbocycles. The van der Waals surface area contributed by atoms with Crippen LogP contribution in [0.25, 0.3) is 0 Å². The zero-order chi connectivity index (χ0) is 16.1. The minimum atomic E-state index is 0.174. The summed E-state index contributed by atoms with van der Waals surface area (Å²) in [4.78, 5) is 16.5. The molecule has 3 rings (SSSR count). The van der Waals surface area contributed by atoms with Gasteiger partial charge in [0.1, 0.15) is 5.51 Å². The van der Waals surface area contributed by atoms with Crippen LogP contribution in [0.4, 0.5) is 0 Å². The molecule has 0 N–H and O–H groups in total. The van der Waals surface area contributed by atoms with Crippen LogP contribution in [0.5, 0.6) is 0 Å². The van der Waals surface area contributed by atoms with Gasteiger partial charge in [-0.1, -0.05) is 46.8 Å². The van der Waals surface area contributed by atoms with E-state index >= 15 is 0 Å². The Morgan fingerprint density at radius 2 is 2.13 bits per heavy atom. The minimum absolute atomic E-state index is 0.174. The van der Waals surface area contributed by atoms with Gasteiger partial charge in [0.25, 0.3) is 0 Å². The second-order valence-electron chi connectivity index (χ2n) is 5.28. The maximum atomic E-state index is 12.2. The Labute approximate surface area is 148 Å². The standard InChI is InChI=1S/C15H17ClN4OS2/c16-13-3-1-2-12(8-13)9-19-4-6-20(7-5-19)14(21)10-22-15-18-17-11-23-15/h1-3,8,11H,4-7,9-10H2. The molecule has 8 heteroatoms. The van der Waals surface area contributed by atoms with E-state index in [1.165, 1.54) is 28.7 Å². The number of carbonyl (C=O) groups is 1. The summed E-state index contributed by atoms with van der Waals surface area (Å²) in [7, 11) is 0. The van der Waals surface area contributed by atoms with Crippen molar-refractivity contribution >= 4 is 40.6 Å². The van der Waals surface area contributed by atoms with Crippen LogP contribution in [-0.4, -0.2) is 57.8 Å². The molecule has 5 nitrogen and oxygen atoms in total. The molecule has 1 saturated heterocycles. The SMILES string of the molecule is O=C(CSc1nncs1)N1CCN(Cc2cccc(Cl)c2)CC1. The number of hydrogen-bond donors (Lipinski definition) is 0. The predicted octanol–water partition coefficient (Wildman–Crippen LogP) is 2.63. The van der Waals surface area contributed by atoms with E-state index in [9.17, 15) is 4.79 Å². The van der Waals surface area contributed by atoms with E-state index in [2.05, 4.69) is 21.2 Å². The number of thioether (sulfide) groups is 1. The van der Waals surface area contributed by atoms with Gasteiger partial charge in [0, 0.05) is 37.7 Å². The largest absolute Gasteiger partial charge is 0.339 e. The maximum Gasteiger partial charge on any atom is 0.233 e. The molecule has 0 aliphatic carbocycles. The Kier molecular flexibility index (Phi) is 5.88. The highest BCUT2D eigenvalue weighted by Crippen LogP contribution is 2.20. The van der Waals surface area contributed by atoms with Crippen LogP contribution in [0.2, 0.25) is 5.02 Å². The number of rotatable bonds is 5. The second kappa shape index (κ2) is 8.10. The van der Waals surface area contributed by atoms with Gasteiger partial charge in [-0.15, -0.1) is 10.2 Å². The van der Waals surface area contributed by atoms with Crippen LogP contribution < -0.4 is 0 Å². The van der Waals surface area contributed by atoms with Crippen LogP contribution in [0.1, 0.15) is 5.56 Å². The monoisotopic (exact) mass is 368 g/mol. The van der Waals surface area contributed by atoms with Crippen molar-refractivity contribution < 1.29 is 4.79 Å². The molecule has 0 spiro atoms. The van der Waals surface area contributed by atoms with Crippen molar-refractivity contribution in [2.75, 3.05) is 31.9 Å². The first-order chi connectivity index (χ1) is 11.2. The normalized spacial score (nSPS) is 15.8. The molecule has 1 aliphatic heterocycles. The van der Waals surface area contributed by atoms with Crippen LogP contribution in [0.3, 0.4) is 0 Å². The lowest BCUT2D eigenvalue weighted by Gasteiger charge is -2.34. The third-order valence-corrected chi connectivity index (χ3v) is 5.76. The van der Waals surface area contributed by atoms with Gasteiger partial charge in [0.2, 0.25) is 5.91 Å². The van der Waals surface area contributed by atoms with Crippen LogP contribution in [0, 0.1) is 0 Å². The van der Waals surface area contributed by atoms with Crippen molar-refractivity contribution in [3.63, 3.8) is 0 Å². The first-order valence-electron chi connectivity index (χ1n) is 7.34. The molecule has 0 radical (unpaired) electrons. The van der Waals surface area contributed by atoms with Gasteiger partial charge in [-0.2, -0.15) is 0 Å². The Bertz CT molecular complexity index is 645. The first kappa shape index (κ1) is 16.7. The minimum Gasteiger partial charge on any atom is -0.339 e. The summed E-state index contributed by atoms with van der Waals surface area (Å²) in [5, 5.41) is 8.48. The van der Waals surface area contributed by atoms with Gasteiger partial charge in [0.05, 0.1) is 5.75 Å². The molecule has 1 fully saturated rings. The molecule has 122 valence electrons. The summed E-state index contributed by atoms with van der Waals surface area (Å²) in [6.45, 7) is 4.21. The van der Waals surface area contributed by atoms with Crippen molar-refractivity contribution in [3.8, 4) is 0 Å². The number of piperazine rings is 1. The van der Waals surface area contributed by atoms with Crippen LogP contribution in [0.15, 0.2) is 34.1 Å². The molecular formula is C15H17ClN4OS2.